The van der Waals surface area contributed by atoms with Gasteiger partial charge in [0.15, 0.2) is 23.2 Å². The monoisotopic (exact) mass is 539 g/mol. The van der Waals surface area contributed by atoms with Crippen molar-refractivity contribution in [3.8, 4) is 11.5 Å². The zero-order valence-corrected chi connectivity index (χ0v) is 20.5. The molecule has 8 nitrogen and oxygen atoms in total. The van der Waals surface area contributed by atoms with Crippen molar-refractivity contribution >= 4 is 40.8 Å². The molecule has 3 aromatic carbocycles. The van der Waals surface area contributed by atoms with Gasteiger partial charge < -0.3 is 29.4 Å². The van der Waals surface area contributed by atoms with Crippen LogP contribution in [0.25, 0.3) is 0 Å². The zero-order chi connectivity index (χ0) is 25.5. The van der Waals surface area contributed by atoms with Crippen molar-refractivity contribution in [3.05, 3.63) is 87.4 Å². The van der Waals surface area contributed by atoms with E-state index in [0.717, 1.165) is 0 Å². The Bertz CT molecular complexity index is 1480. The third-order valence-electron chi connectivity index (χ3n) is 7.62. The Balaban J connectivity index is 1.32. The Hall–Kier alpha value is -3.30. The first-order valence-corrected chi connectivity index (χ1v) is 12.4. The van der Waals surface area contributed by atoms with E-state index in [1.807, 2.05) is 0 Å². The Kier molecular flexibility index (Phi) is 5.00. The fourth-order valence-corrected chi connectivity index (χ4v) is 6.35. The molecule has 3 aromatic rings. The first-order valence-electron chi connectivity index (χ1n) is 11.7. The summed E-state index contributed by atoms with van der Waals surface area (Å²) in [7, 11) is 0. The second-order valence-corrected chi connectivity index (χ2v) is 10.3. The van der Waals surface area contributed by atoms with Crippen molar-refractivity contribution in [2.45, 2.75) is 23.9 Å². The minimum absolute atomic E-state index is 0.0961. The van der Waals surface area contributed by atoms with Crippen molar-refractivity contribution in [1.82, 2.24) is 0 Å². The number of anilines is 1. The predicted octanol–water partition coefficient (Wildman–Crippen LogP) is 4.75. The molecule has 6 atom stereocenters. The molecule has 2 unspecified atom stereocenters. The van der Waals surface area contributed by atoms with Crippen molar-refractivity contribution in [3.63, 3.8) is 0 Å². The number of nitrogens with one attached hydrogen (secondary N) is 1. The number of carbonyl (C=O) groups is 2. The van der Waals surface area contributed by atoms with E-state index in [0.29, 0.717) is 38.9 Å². The summed E-state index contributed by atoms with van der Waals surface area (Å²) in [6.07, 6.45) is -2.95. The maximum Gasteiger partial charge on any atom is 0.313 e. The molecule has 1 spiro atoms. The molecule has 188 valence electrons. The van der Waals surface area contributed by atoms with Gasteiger partial charge in [0.05, 0.1) is 22.1 Å². The van der Waals surface area contributed by atoms with Gasteiger partial charge in [0, 0.05) is 17.3 Å². The maximum absolute atomic E-state index is 13.9. The molecule has 0 aromatic heterocycles. The topological polar surface area (TPSA) is 103 Å². The van der Waals surface area contributed by atoms with Crippen LogP contribution in [0, 0.1) is 11.8 Å². The number of hydrogen-bond acceptors (Lipinski definition) is 7. The quantitative estimate of drug-likeness (QED) is 0.463. The first-order chi connectivity index (χ1) is 17.9. The van der Waals surface area contributed by atoms with Crippen molar-refractivity contribution < 1.29 is 33.6 Å². The van der Waals surface area contributed by atoms with E-state index >= 15 is 0 Å². The molecule has 2 fully saturated rings. The Morgan fingerprint density at radius 2 is 1.76 bits per heavy atom. The first kappa shape index (κ1) is 22.9. The summed E-state index contributed by atoms with van der Waals surface area (Å²) < 4.78 is 23.1. The average Bonchev–Trinajstić information content (AvgIpc) is 3.62. The average molecular weight is 540 g/mol. The van der Waals surface area contributed by atoms with Crippen LogP contribution in [0.2, 0.25) is 10.0 Å². The highest BCUT2D eigenvalue weighted by Crippen LogP contribution is 2.67. The lowest BCUT2D eigenvalue weighted by Gasteiger charge is -2.30. The molecule has 0 bridgehead atoms. The van der Waals surface area contributed by atoms with Gasteiger partial charge in [-0.1, -0.05) is 53.5 Å². The molecule has 7 rings (SSSR count). The number of halogens is 2. The Labute approximate surface area is 221 Å². The molecule has 1 amide bonds. The molecule has 2 saturated heterocycles. The standard InChI is InChI=1S/C27H19Cl2NO7/c28-16-7-5-12(9-17(16)29)22-20(25(32)30-13-6-8-18-19(10-13)35-11-34-18)21-26(33)36-24-15-4-2-1-3-14(15)23(31)27(21,24)37-22/h1-10,20-24,31H,11H2,(H,30,32)/t20-,21-,22?,23-,24+,27?/m1/s1. The van der Waals surface area contributed by atoms with E-state index in [9.17, 15) is 14.7 Å². The predicted molar refractivity (Wildman–Crippen MR) is 131 cm³/mol. The Morgan fingerprint density at radius 3 is 2.57 bits per heavy atom. The summed E-state index contributed by atoms with van der Waals surface area (Å²) >= 11 is 12.5. The van der Waals surface area contributed by atoms with Crippen LogP contribution in [0.4, 0.5) is 5.69 Å². The molecule has 4 aliphatic rings. The fraction of sp³-hybridized carbons (Fsp3) is 0.259. The summed E-state index contributed by atoms with van der Waals surface area (Å²) in [5.41, 5.74) is 0.805. The van der Waals surface area contributed by atoms with E-state index in [1.54, 1.807) is 60.7 Å². The van der Waals surface area contributed by atoms with Gasteiger partial charge in [-0.2, -0.15) is 0 Å². The smallest absolute Gasteiger partial charge is 0.313 e. The SMILES string of the molecule is O=C(Nc1ccc2c(c1)OCO2)[C@H]1C(c2ccc(Cl)c(Cl)c2)OC23[C@H](O)c4ccccc4[C@@H]2OC(=O)[C@@H]13. The van der Waals surface area contributed by atoms with Crippen molar-refractivity contribution in [1.29, 1.82) is 0 Å². The molecule has 37 heavy (non-hydrogen) atoms. The molecule has 2 N–H and O–H groups in total. The number of carbonyl (C=O) groups excluding carboxylic acids is 2. The molecular formula is C27H19Cl2NO7. The number of hydrogen-bond donors (Lipinski definition) is 2. The second kappa shape index (κ2) is 8.10. The van der Waals surface area contributed by atoms with Crippen LogP contribution >= 0.6 is 23.2 Å². The van der Waals surface area contributed by atoms with Gasteiger partial charge in [-0.25, -0.2) is 0 Å². The highest BCUT2D eigenvalue weighted by molar-refractivity contribution is 6.42. The van der Waals surface area contributed by atoms with E-state index < -0.39 is 47.6 Å². The van der Waals surface area contributed by atoms with Crippen molar-refractivity contribution in [2.24, 2.45) is 11.8 Å². The molecular weight excluding hydrogens is 521 g/mol. The lowest BCUT2D eigenvalue weighted by atomic mass is 9.76. The number of aliphatic hydroxyl groups excluding tert-OH is 1. The van der Waals surface area contributed by atoms with E-state index in [4.69, 9.17) is 42.1 Å². The molecule has 3 aliphatic heterocycles. The van der Waals surface area contributed by atoms with Gasteiger partial charge in [0.1, 0.15) is 12.0 Å². The number of rotatable bonds is 3. The lowest BCUT2D eigenvalue weighted by Crippen LogP contribution is -2.43. The minimum Gasteiger partial charge on any atom is -0.454 e. The van der Waals surface area contributed by atoms with Crippen LogP contribution in [0.5, 0.6) is 11.5 Å². The summed E-state index contributed by atoms with van der Waals surface area (Å²) in [6.45, 7) is 0.0961. The van der Waals surface area contributed by atoms with E-state index in [2.05, 4.69) is 5.32 Å². The van der Waals surface area contributed by atoms with Crippen LogP contribution < -0.4 is 14.8 Å². The highest BCUT2D eigenvalue weighted by atomic mass is 35.5. The number of benzene rings is 3. The highest BCUT2D eigenvalue weighted by Gasteiger charge is 2.75. The largest absolute Gasteiger partial charge is 0.454 e. The fourth-order valence-electron chi connectivity index (χ4n) is 6.04. The summed E-state index contributed by atoms with van der Waals surface area (Å²) in [4.78, 5) is 27.3. The summed E-state index contributed by atoms with van der Waals surface area (Å²) in [5, 5.41) is 15.0. The van der Waals surface area contributed by atoms with Crippen LogP contribution in [0.3, 0.4) is 0 Å². The van der Waals surface area contributed by atoms with Crippen molar-refractivity contribution in [2.75, 3.05) is 12.1 Å². The zero-order valence-electron chi connectivity index (χ0n) is 19.0. The molecule has 1 aliphatic carbocycles. The van der Waals surface area contributed by atoms with E-state index in [1.165, 1.54) is 0 Å². The van der Waals surface area contributed by atoms with Gasteiger partial charge in [0.25, 0.3) is 0 Å². The maximum atomic E-state index is 13.9. The van der Waals surface area contributed by atoms with Crippen LogP contribution in [0.15, 0.2) is 60.7 Å². The van der Waals surface area contributed by atoms with E-state index in [-0.39, 0.29) is 11.8 Å². The normalized spacial score (nSPS) is 30.5. The molecule has 0 radical (unpaired) electrons. The van der Waals surface area contributed by atoms with Crippen LogP contribution in [-0.2, 0) is 19.1 Å². The number of esters is 1. The van der Waals surface area contributed by atoms with Gasteiger partial charge in [-0.3, -0.25) is 9.59 Å². The number of fused-ring (bicyclic) bond motifs is 3. The van der Waals surface area contributed by atoms with Crippen LogP contribution in [-0.4, -0.2) is 29.4 Å². The van der Waals surface area contributed by atoms with Gasteiger partial charge in [-0.15, -0.1) is 0 Å². The van der Waals surface area contributed by atoms with Gasteiger partial charge in [0.2, 0.25) is 12.7 Å². The Morgan fingerprint density at radius 1 is 0.973 bits per heavy atom. The lowest BCUT2D eigenvalue weighted by molar-refractivity contribution is -0.161. The number of aliphatic hydroxyl groups is 1. The number of ether oxygens (including phenoxy) is 4. The number of amides is 1. The third-order valence-corrected chi connectivity index (χ3v) is 8.35. The summed E-state index contributed by atoms with van der Waals surface area (Å²) in [6, 6.07) is 17.1. The van der Waals surface area contributed by atoms with Gasteiger partial charge >= 0.3 is 5.97 Å². The molecule has 3 heterocycles. The molecule has 10 heteroatoms. The minimum atomic E-state index is -1.48. The van der Waals surface area contributed by atoms with Crippen LogP contribution in [0.1, 0.15) is 35.0 Å². The van der Waals surface area contributed by atoms with Gasteiger partial charge in [-0.05, 0) is 35.4 Å². The molecule has 0 saturated carbocycles. The second-order valence-electron chi connectivity index (χ2n) is 9.47. The third kappa shape index (κ3) is 3.16. The summed E-state index contributed by atoms with van der Waals surface area (Å²) in [5.74, 6) is -2.12.